The van der Waals surface area contributed by atoms with Gasteiger partial charge in [0.1, 0.15) is 28.5 Å². The SMILES string of the molecule is O=c1[nH]c2cnc(-c3cnc4ccccn34)nc2n1Cc1ccc(F)cc1F. The van der Waals surface area contributed by atoms with Gasteiger partial charge in [0.25, 0.3) is 0 Å². The van der Waals surface area contributed by atoms with E-state index in [1.807, 2.05) is 28.8 Å². The number of rotatable bonds is 3. The molecule has 0 saturated heterocycles. The van der Waals surface area contributed by atoms with Gasteiger partial charge in [-0.25, -0.2) is 28.5 Å². The number of nitrogens with one attached hydrogen (secondary N) is 1. The number of fused-ring (bicyclic) bond motifs is 2. The van der Waals surface area contributed by atoms with E-state index in [-0.39, 0.29) is 12.1 Å². The van der Waals surface area contributed by atoms with Crippen LogP contribution in [0.1, 0.15) is 5.56 Å². The van der Waals surface area contributed by atoms with Gasteiger partial charge in [-0.3, -0.25) is 8.97 Å². The van der Waals surface area contributed by atoms with E-state index in [9.17, 15) is 13.6 Å². The highest BCUT2D eigenvalue weighted by Gasteiger charge is 2.15. The highest BCUT2D eigenvalue weighted by atomic mass is 19.1. The second-order valence-electron chi connectivity index (χ2n) is 6.26. The number of aromatic amines is 1. The molecular weight excluding hydrogens is 366 g/mol. The third-order valence-electron chi connectivity index (χ3n) is 4.50. The summed E-state index contributed by atoms with van der Waals surface area (Å²) < 4.78 is 30.3. The number of pyridine rings is 1. The summed E-state index contributed by atoms with van der Waals surface area (Å²) in [6.45, 7) is -0.0887. The summed E-state index contributed by atoms with van der Waals surface area (Å²) >= 11 is 0. The van der Waals surface area contributed by atoms with Crippen LogP contribution >= 0.6 is 0 Å². The standard InChI is InChI=1S/C19H12F2N6O/c20-12-5-4-11(13(21)7-12)10-27-18-14(24-19(27)28)8-23-17(25-18)15-9-22-16-3-1-2-6-26(15)16/h1-9H,10H2,(H,24,28). The number of benzene rings is 1. The van der Waals surface area contributed by atoms with Gasteiger partial charge in [-0.2, -0.15) is 0 Å². The Hall–Kier alpha value is -3.88. The Morgan fingerprint density at radius 1 is 1.07 bits per heavy atom. The Labute approximate surface area is 156 Å². The van der Waals surface area contributed by atoms with Crippen molar-refractivity contribution < 1.29 is 8.78 Å². The zero-order chi connectivity index (χ0) is 19.3. The van der Waals surface area contributed by atoms with Crippen molar-refractivity contribution in [1.82, 2.24) is 28.9 Å². The first kappa shape index (κ1) is 16.3. The molecule has 7 nitrogen and oxygen atoms in total. The third kappa shape index (κ3) is 2.56. The minimum absolute atomic E-state index is 0.0887. The van der Waals surface area contributed by atoms with E-state index < -0.39 is 17.3 Å². The monoisotopic (exact) mass is 378 g/mol. The van der Waals surface area contributed by atoms with E-state index in [1.54, 1.807) is 6.20 Å². The fraction of sp³-hybridized carbons (Fsp3) is 0.0526. The molecule has 0 aliphatic heterocycles. The summed E-state index contributed by atoms with van der Waals surface area (Å²) in [6, 6.07) is 8.83. The lowest BCUT2D eigenvalue weighted by molar-refractivity contribution is 0.566. The molecule has 5 rings (SSSR count). The number of aromatic nitrogens is 6. The number of imidazole rings is 2. The number of halogens is 2. The summed E-state index contributed by atoms with van der Waals surface area (Å²) in [6.07, 6.45) is 4.98. The highest BCUT2D eigenvalue weighted by molar-refractivity contribution is 5.72. The minimum atomic E-state index is -0.725. The zero-order valence-corrected chi connectivity index (χ0v) is 14.3. The van der Waals surface area contributed by atoms with Gasteiger partial charge in [-0.15, -0.1) is 0 Å². The van der Waals surface area contributed by atoms with Crippen LogP contribution in [0.15, 0.2) is 59.8 Å². The molecule has 0 fully saturated rings. The average molecular weight is 378 g/mol. The summed E-state index contributed by atoms with van der Waals surface area (Å²) in [4.78, 5) is 28.1. The Bertz CT molecular complexity index is 1400. The maximum atomic E-state index is 14.0. The molecule has 0 unspecified atom stereocenters. The highest BCUT2D eigenvalue weighted by Crippen LogP contribution is 2.19. The first-order valence-corrected chi connectivity index (χ1v) is 8.42. The van der Waals surface area contributed by atoms with Gasteiger partial charge in [-0.05, 0) is 18.2 Å². The molecule has 4 heterocycles. The second kappa shape index (κ2) is 6.08. The smallest absolute Gasteiger partial charge is 0.303 e. The third-order valence-corrected chi connectivity index (χ3v) is 4.50. The lowest BCUT2D eigenvalue weighted by Gasteiger charge is -2.06. The molecule has 0 amide bonds. The Morgan fingerprint density at radius 3 is 2.82 bits per heavy atom. The van der Waals surface area contributed by atoms with Crippen LogP contribution in [0.5, 0.6) is 0 Å². The lowest BCUT2D eigenvalue weighted by atomic mass is 10.2. The molecule has 138 valence electrons. The van der Waals surface area contributed by atoms with E-state index in [2.05, 4.69) is 19.9 Å². The molecule has 0 bridgehead atoms. The van der Waals surface area contributed by atoms with E-state index in [4.69, 9.17) is 0 Å². The Balaban J connectivity index is 1.65. The van der Waals surface area contributed by atoms with Crippen LogP contribution in [0, 0.1) is 11.6 Å². The van der Waals surface area contributed by atoms with Crippen molar-refractivity contribution in [2.45, 2.75) is 6.54 Å². The minimum Gasteiger partial charge on any atom is -0.303 e. The van der Waals surface area contributed by atoms with Crippen molar-refractivity contribution in [3.05, 3.63) is 82.7 Å². The summed E-state index contributed by atoms with van der Waals surface area (Å²) in [5.74, 6) is -1.03. The van der Waals surface area contributed by atoms with Gasteiger partial charge in [-0.1, -0.05) is 12.1 Å². The van der Waals surface area contributed by atoms with Crippen molar-refractivity contribution in [3.63, 3.8) is 0 Å². The van der Waals surface area contributed by atoms with E-state index in [0.29, 0.717) is 22.7 Å². The fourth-order valence-corrected chi connectivity index (χ4v) is 3.13. The van der Waals surface area contributed by atoms with Crippen LogP contribution in [0.25, 0.3) is 28.3 Å². The van der Waals surface area contributed by atoms with Gasteiger partial charge in [0.05, 0.1) is 18.9 Å². The molecule has 0 atom stereocenters. The molecule has 28 heavy (non-hydrogen) atoms. The van der Waals surface area contributed by atoms with Gasteiger partial charge in [0.15, 0.2) is 11.5 Å². The quantitative estimate of drug-likeness (QED) is 0.524. The van der Waals surface area contributed by atoms with Crippen molar-refractivity contribution in [2.75, 3.05) is 0 Å². The van der Waals surface area contributed by atoms with Crippen LogP contribution in [-0.4, -0.2) is 28.9 Å². The number of hydrogen-bond acceptors (Lipinski definition) is 4. The number of H-pyrrole nitrogens is 1. The summed E-state index contributed by atoms with van der Waals surface area (Å²) in [7, 11) is 0. The zero-order valence-electron chi connectivity index (χ0n) is 14.3. The van der Waals surface area contributed by atoms with Crippen LogP contribution in [-0.2, 0) is 6.54 Å². The van der Waals surface area contributed by atoms with E-state index in [1.165, 1.54) is 16.8 Å². The van der Waals surface area contributed by atoms with Crippen molar-refractivity contribution in [1.29, 1.82) is 0 Å². The molecular formula is C19H12F2N6O. The number of hydrogen-bond donors (Lipinski definition) is 1. The molecule has 9 heteroatoms. The average Bonchev–Trinajstić information content (AvgIpc) is 3.24. The maximum absolute atomic E-state index is 14.0. The molecule has 1 N–H and O–H groups in total. The van der Waals surface area contributed by atoms with E-state index >= 15 is 0 Å². The van der Waals surface area contributed by atoms with Crippen molar-refractivity contribution in [3.8, 4) is 11.5 Å². The van der Waals surface area contributed by atoms with Crippen LogP contribution in [0.4, 0.5) is 8.78 Å². The molecule has 0 radical (unpaired) electrons. The van der Waals surface area contributed by atoms with Crippen LogP contribution in [0.3, 0.4) is 0 Å². The van der Waals surface area contributed by atoms with Crippen LogP contribution in [0.2, 0.25) is 0 Å². The second-order valence-corrected chi connectivity index (χ2v) is 6.26. The van der Waals surface area contributed by atoms with Gasteiger partial charge in [0, 0.05) is 17.8 Å². The molecule has 5 aromatic rings. The normalized spacial score (nSPS) is 11.5. The molecule has 0 spiro atoms. The predicted molar refractivity (Wildman–Crippen MR) is 97.8 cm³/mol. The van der Waals surface area contributed by atoms with Gasteiger partial charge < -0.3 is 4.98 Å². The van der Waals surface area contributed by atoms with Crippen molar-refractivity contribution in [2.24, 2.45) is 0 Å². The largest absolute Gasteiger partial charge is 0.328 e. The molecule has 1 aromatic carbocycles. The van der Waals surface area contributed by atoms with E-state index in [0.717, 1.165) is 17.8 Å². The Morgan fingerprint density at radius 2 is 1.96 bits per heavy atom. The molecule has 0 aliphatic carbocycles. The molecule has 0 saturated carbocycles. The molecule has 0 aliphatic rings. The van der Waals surface area contributed by atoms with Gasteiger partial charge in [0.2, 0.25) is 0 Å². The first-order chi connectivity index (χ1) is 13.6. The van der Waals surface area contributed by atoms with Crippen molar-refractivity contribution >= 4 is 16.8 Å². The Kier molecular flexibility index (Phi) is 3.54. The lowest BCUT2D eigenvalue weighted by Crippen LogP contribution is -2.18. The van der Waals surface area contributed by atoms with Crippen LogP contribution < -0.4 is 5.69 Å². The maximum Gasteiger partial charge on any atom is 0.328 e. The summed E-state index contributed by atoms with van der Waals surface area (Å²) in [5, 5.41) is 0. The predicted octanol–water partition coefficient (Wildman–Crippen LogP) is 2.76. The fourth-order valence-electron chi connectivity index (χ4n) is 3.13. The summed E-state index contributed by atoms with van der Waals surface area (Å²) in [5.41, 5.74) is 1.86. The number of nitrogens with zero attached hydrogens (tertiary/aromatic N) is 5. The first-order valence-electron chi connectivity index (χ1n) is 8.42. The van der Waals surface area contributed by atoms with Gasteiger partial charge >= 0.3 is 5.69 Å². The topological polar surface area (TPSA) is 80.9 Å². The molecule has 4 aromatic heterocycles.